The molecule has 5 heteroatoms. The van der Waals surface area contributed by atoms with E-state index in [2.05, 4.69) is 31.1 Å². The van der Waals surface area contributed by atoms with Crippen LogP contribution in [0.1, 0.15) is 60.4 Å². The molecule has 0 saturated heterocycles. The van der Waals surface area contributed by atoms with Crippen LogP contribution in [0.4, 0.5) is 0 Å². The lowest BCUT2D eigenvalue weighted by atomic mass is 9.95. The first-order chi connectivity index (χ1) is 9.77. The van der Waals surface area contributed by atoms with E-state index >= 15 is 0 Å². The minimum Gasteiger partial charge on any atom is -0.349 e. The number of hydrogen-bond donors (Lipinski definition) is 1. The van der Waals surface area contributed by atoms with Gasteiger partial charge in [0.1, 0.15) is 10.7 Å². The van der Waals surface area contributed by atoms with Crippen molar-refractivity contribution in [2.24, 2.45) is 0 Å². The van der Waals surface area contributed by atoms with Crippen molar-refractivity contribution in [1.82, 2.24) is 15.3 Å². The predicted molar refractivity (Wildman–Crippen MR) is 86.1 cm³/mol. The zero-order valence-corrected chi connectivity index (χ0v) is 14.0. The second-order valence-corrected chi connectivity index (χ2v) is 7.87. The van der Waals surface area contributed by atoms with Gasteiger partial charge in [-0.25, -0.2) is 9.97 Å². The number of nitrogens with one attached hydrogen (secondary N) is 1. The summed E-state index contributed by atoms with van der Waals surface area (Å²) in [7, 11) is 0. The molecule has 1 fully saturated rings. The second-order valence-electron chi connectivity index (χ2n) is 6.87. The van der Waals surface area contributed by atoms with Crippen LogP contribution in [0.5, 0.6) is 0 Å². The summed E-state index contributed by atoms with van der Waals surface area (Å²) in [4.78, 5) is 23.4. The van der Waals surface area contributed by atoms with Crippen LogP contribution in [0.25, 0.3) is 10.2 Å². The Labute approximate surface area is 129 Å². The van der Waals surface area contributed by atoms with Crippen molar-refractivity contribution >= 4 is 27.5 Å². The van der Waals surface area contributed by atoms with E-state index in [4.69, 9.17) is 4.98 Å². The summed E-state index contributed by atoms with van der Waals surface area (Å²) in [6.45, 7) is 10.3. The molecule has 4 nitrogen and oxygen atoms in total. The van der Waals surface area contributed by atoms with E-state index in [1.807, 2.05) is 13.8 Å². The van der Waals surface area contributed by atoms with Crippen molar-refractivity contribution < 1.29 is 4.79 Å². The van der Waals surface area contributed by atoms with Crippen molar-refractivity contribution in [3.8, 4) is 0 Å². The minimum atomic E-state index is -0.0900. The predicted octanol–water partition coefficient (Wildman–Crippen LogP) is 3.50. The molecule has 0 aromatic carbocycles. The molecule has 0 atom stereocenters. The van der Waals surface area contributed by atoms with Gasteiger partial charge in [0.05, 0.1) is 10.6 Å². The fourth-order valence-electron chi connectivity index (χ4n) is 2.37. The van der Waals surface area contributed by atoms with Gasteiger partial charge < -0.3 is 5.32 Å². The number of aromatic nitrogens is 2. The van der Waals surface area contributed by atoms with E-state index in [0.717, 1.165) is 45.0 Å². The minimum absolute atomic E-state index is 0.0368. The highest BCUT2D eigenvalue weighted by Gasteiger charge is 2.27. The Bertz CT molecular complexity index is 723. The van der Waals surface area contributed by atoms with Gasteiger partial charge in [0.25, 0.3) is 5.91 Å². The number of rotatable bonds is 2. The van der Waals surface area contributed by atoms with Crippen LogP contribution in [0.15, 0.2) is 0 Å². The molecule has 1 aliphatic carbocycles. The average Bonchev–Trinajstić information content (AvgIpc) is 3.10. The van der Waals surface area contributed by atoms with E-state index in [1.165, 1.54) is 11.3 Å². The van der Waals surface area contributed by atoms with Gasteiger partial charge in [0.15, 0.2) is 0 Å². The monoisotopic (exact) mass is 303 g/mol. The molecule has 112 valence electrons. The maximum Gasteiger partial charge on any atom is 0.261 e. The Balaban J connectivity index is 2.10. The van der Waals surface area contributed by atoms with Gasteiger partial charge >= 0.3 is 0 Å². The highest BCUT2D eigenvalue weighted by molar-refractivity contribution is 7.20. The van der Waals surface area contributed by atoms with Gasteiger partial charge in [-0.1, -0.05) is 20.8 Å². The molecule has 2 aromatic heterocycles. The van der Waals surface area contributed by atoms with Crippen LogP contribution in [-0.2, 0) is 5.41 Å². The quantitative estimate of drug-likeness (QED) is 0.924. The lowest BCUT2D eigenvalue weighted by Gasteiger charge is -2.16. The molecular formula is C16H21N3OS. The summed E-state index contributed by atoms with van der Waals surface area (Å²) in [6, 6.07) is 0.374. The molecule has 1 amide bonds. The smallest absolute Gasteiger partial charge is 0.261 e. The number of carbonyl (C=O) groups excluding carboxylic acids is 1. The summed E-state index contributed by atoms with van der Waals surface area (Å²) in [5, 5.41) is 4.10. The third-order valence-corrected chi connectivity index (χ3v) is 4.95. The van der Waals surface area contributed by atoms with Crippen LogP contribution in [-0.4, -0.2) is 21.9 Å². The van der Waals surface area contributed by atoms with Crippen LogP contribution in [0.2, 0.25) is 0 Å². The Morgan fingerprint density at radius 1 is 1.24 bits per heavy atom. The lowest BCUT2D eigenvalue weighted by molar-refractivity contribution is 0.0954. The standard InChI is InChI=1S/C16H21N3OS/c1-8-11-9(2)17-15(16(3,4)5)19-14(11)21-12(8)13(20)18-10-6-7-10/h10H,6-7H2,1-5H3,(H,18,20). The van der Waals surface area contributed by atoms with Crippen LogP contribution >= 0.6 is 11.3 Å². The number of aryl methyl sites for hydroxylation is 2. The van der Waals surface area contributed by atoms with E-state index in [1.54, 1.807) is 0 Å². The van der Waals surface area contributed by atoms with E-state index in [9.17, 15) is 4.79 Å². The van der Waals surface area contributed by atoms with Crippen LogP contribution in [0.3, 0.4) is 0 Å². The lowest BCUT2D eigenvalue weighted by Crippen LogP contribution is -2.24. The summed E-state index contributed by atoms with van der Waals surface area (Å²) in [5.74, 6) is 0.873. The average molecular weight is 303 g/mol. The van der Waals surface area contributed by atoms with Gasteiger partial charge in [-0.15, -0.1) is 11.3 Å². The molecule has 0 radical (unpaired) electrons. The van der Waals surface area contributed by atoms with Crippen molar-refractivity contribution in [1.29, 1.82) is 0 Å². The number of fused-ring (bicyclic) bond motifs is 1. The van der Waals surface area contributed by atoms with E-state index < -0.39 is 0 Å². The number of nitrogens with zero attached hydrogens (tertiary/aromatic N) is 2. The molecule has 2 aromatic rings. The van der Waals surface area contributed by atoms with Crippen molar-refractivity contribution in [2.45, 2.75) is 58.9 Å². The molecule has 3 rings (SSSR count). The molecule has 1 N–H and O–H groups in total. The molecule has 21 heavy (non-hydrogen) atoms. The Morgan fingerprint density at radius 2 is 1.90 bits per heavy atom. The van der Waals surface area contributed by atoms with Gasteiger partial charge in [0, 0.05) is 16.8 Å². The Morgan fingerprint density at radius 3 is 2.48 bits per heavy atom. The van der Waals surface area contributed by atoms with Crippen LogP contribution in [0, 0.1) is 13.8 Å². The highest BCUT2D eigenvalue weighted by atomic mass is 32.1. The zero-order valence-electron chi connectivity index (χ0n) is 13.2. The first-order valence-corrected chi connectivity index (χ1v) is 8.18. The molecule has 2 heterocycles. The van der Waals surface area contributed by atoms with Crippen molar-refractivity contribution in [2.75, 3.05) is 0 Å². The van der Waals surface area contributed by atoms with Crippen molar-refractivity contribution in [3.05, 3.63) is 22.0 Å². The third-order valence-electron chi connectivity index (χ3n) is 3.76. The number of carbonyl (C=O) groups is 1. The topological polar surface area (TPSA) is 54.9 Å². The number of amides is 1. The SMILES string of the molecule is Cc1nc(C(C)(C)C)nc2sc(C(=O)NC3CC3)c(C)c12. The Kier molecular flexibility index (Phi) is 3.28. The van der Waals surface area contributed by atoms with E-state index in [0.29, 0.717) is 6.04 Å². The molecule has 0 unspecified atom stereocenters. The summed E-state index contributed by atoms with van der Waals surface area (Å²) in [5.41, 5.74) is 1.88. The molecule has 0 aliphatic heterocycles. The molecule has 1 saturated carbocycles. The maximum absolute atomic E-state index is 12.3. The summed E-state index contributed by atoms with van der Waals surface area (Å²) >= 11 is 1.48. The fourth-order valence-corrected chi connectivity index (χ4v) is 3.50. The van der Waals surface area contributed by atoms with Crippen molar-refractivity contribution in [3.63, 3.8) is 0 Å². The second kappa shape index (κ2) is 4.77. The third kappa shape index (κ3) is 2.67. The highest BCUT2D eigenvalue weighted by Crippen LogP contribution is 2.33. The van der Waals surface area contributed by atoms with Gasteiger partial charge in [-0.05, 0) is 32.3 Å². The largest absolute Gasteiger partial charge is 0.349 e. The van der Waals surface area contributed by atoms with Gasteiger partial charge in [-0.2, -0.15) is 0 Å². The number of hydrogen-bond acceptors (Lipinski definition) is 4. The Hall–Kier alpha value is -1.49. The molecule has 0 spiro atoms. The van der Waals surface area contributed by atoms with Gasteiger partial charge in [-0.3, -0.25) is 4.79 Å². The van der Waals surface area contributed by atoms with Gasteiger partial charge in [0.2, 0.25) is 0 Å². The maximum atomic E-state index is 12.3. The number of thiophene rings is 1. The first-order valence-electron chi connectivity index (χ1n) is 7.36. The summed E-state index contributed by atoms with van der Waals surface area (Å²) < 4.78 is 0. The first kappa shape index (κ1) is 14.4. The van der Waals surface area contributed by atoms with E-state index in [-0.39, 0.29) is 11.3 Å². The molecule has 1 aliphatic rings. The zero-order chi connectivity index (χ0) is 15.4. The normalized spacial score (nSPS) is 15.5. The van der Waals surface area contributed by atoms with Crippen LogP contribution < -0.4 is 5.32 Å². The summed E-state index contributed by atoms with van der Waals surface area (Å²) in [6.07, 6.45) is 2.20. The molecular weight excluding hydrogens is 282 g/mol. The molecule has 0 bridgehead atoms. The fraction of sp³-hybridized carbons (Fsp3) is 0.562.